The standard InChI is InChI=1S/C24H20F2N2O2/c25-17-6-4-16(5-7-17)24-20(21-13-18(26)8-10-22(21)28-24)9-11-23(30)27-19-3-1-2-15(12-19)14-29/h1-8,10,12-13,28-29H,9,11,14H2,(H,27,30). The Morgan fingerprint density at radius 1 is 0.967 bits per heavy atom. The van der Waals surface area contributed by atoms with Crippen molar-refractivity contribution in [2.24, 2.45) is 0 Å². The molecule has 1 amide bonds. The number of amides is 1. The molecule has 4 rings (SSSR count). The summed E-state index contributed by atoms with van der Waals surface area (Å²) in [6.45, 7) is -0.106. The first-order chi connectivity index (χ1) is 14.5. The molecule has 0 bridgehead atoms. The first-order valence-electron chi connectivity index (χ1n) is 9.59. The van der Waals surface area contributed by atoms with Gasteiger partial charge in [0.2, 0.25) is 5.91 Å². The summed E-state index contributed by atoms with van der Waals surface area (Å²) in [6, 6.07) is 17.5. The maximum atomic E-state index is 13.9. The first-order valence-corrected chi connectivity index (χ1v) is 9.59. The molecule has 1 heterocycles. The number of H-pyrrole nitrogens is 1. The number of anilines is 1. The fourth-order valence-corrected chi connectivity index (χ4v) is 3.55. The molecule has 0 saturated heterocycles. The van der Waals surface area contributed by atoms with Crippen LogP contribution in [0, 0.1) is 11.6 Å². The average molecular weight is 406 g/mol. The van der Waals surface area contributed by atoms with E-state index in [1.807, 2.05) is 0 Å². The summed E-state index contributed by atoms with van der Waals surface area (Å²) in [6.07, 6.45) is 0.558. The van der Waals surface area contributed by atoms with Gasteiger partial charge in [0, 0.05) is 28.7 Å². The highest BCUT2D eigenvalue weighted by atomic mass is 19.1. The molecule has 4 nitrogen and oxygen atoms in total. The van der Waals surface area contributed by atoms with Crippen LogP contribution in [-0.4, -0.2) is 16.0 Å². The van der Waals surface area contributed by atoms with Crippen LogP contribution in [-0.2, 0) is 17.8 Å². The van der Waals surface area contributed by atoms with Gasteiger partial charge in [-0.25, -0.2) is 8.78 Å². The van der Waals surface area contributed by atoms with Crippen LogP contribution in [0.3, 0.4) is 0 Å². The SMILES string of the molecule is O=C(CCc1c(-c2ccc(F)cc2)[nH]c2ccc(F)cc12)Nc1cccc(CO)c1. The van der Waals surface area contributed by atoms with E-state index in [2.05, 4.69) is 10.3 Å². The van der Waals surface area contributed by atoms with E-state index in [1.165, 1.54) is 24.3 Å². The lowest BCUT2D eigenvalue weighted by molar-refractivity contribution is -0.116. The van der Waals surface area contributed by atoms with Crippen molar-refractivity contribution in [3.63, 3.8) is 0 Å². The highest BCUT2D eigenvalue weighted by Crippen LogP contribution is 2.32. The van der Waals surface area contributed by atoms with Gasteiger partial charge in [-0.2, -0.15) is 0 Å². The van der Waals surface area contributed by atoms with Crippen LogP contribution in [0.4, 0.5) is 14.5 Å². The Labute approximate surface area is 172 Å². The number of benzene rings is 3. The molecule has 1 aromatic heterocycles. The molecule has 0 spiro atoms. The number of rotatable bonds is 6. The molecule has 4 aromatic rings. The predicted octanol–water partition coefficient (Wildman–Crippen LogP) is 5.18. The molecule has 0 saturated carbocycles. The topological polar surface area (TPSA) is 65.1 Å². The molecule has 0 atom stereocenters. The number of fused-ring (bicyclic) bond motifs is 1. The van der Waals surface area contributed by atoms with Crippen molar-refractivity contribution in [2.45, 2.75) is 19.4 Å². The number of carbonyl (C=O) groups excluding carboxylic acids is 1. The normalized spacial score (nSPS) is 11.0. The lowest BCUT2D eigenvalue weighted by atomic mass is 10.0. The van der Waals surface area contributed by atoms with Gasteiger partial charge in [0.1, 0.15) is 11.6 Å². The van der Waals surface area contributed by atoms with Crippen LogP contribution in [0.2, 0.25) is 0 Å². The van der Waals surface area contributed by atoms with Crippen molar-refractivity contribution in [1.29, 1.82) is 0 Å². The van der Waals surface area contributed by atoms with Crippen LogP contribution < -0.4 is 5.32 Å². The van der Waals surface area contributed by atoms with E-state index < -0.39 is 0 Å². The smallest absolute Gasteiger partial charge is 0.224 e. The summed E-state index contributed by atoms with van der Waals surface area (Å²) >= 11 is 0. The fraction of sp³-hybridized carbons (Fsp3) is 0.125. The first kappa shape index (κ1) is 19.8. The number of halogens is 2. The van der Waals surface area contributed by atoms with E-state index in [0.717, 1.165) is 22.3 Å². The summed E-state index contributed by atoms with van der Waals surface area (Å²) in [5, 5.41) is 12.8. The number of aromatic nitrogens is 1. The zero-order valence-corrected chi connectivity index (χ0v) is 16.1. The summed E-state index contributed by atoms with van der Waals surface area (Å²) in [4.78, 5) is 15.8. The number of aliphatic hydroxyl groups excluding tert-OH is 1. The van der Waals surface area contributed by atoms with Gasteiger partial charge in [-0.05, 0) is 77.7 Å². The highest BCUT2D eigenvalue weighted by Gasteiger charge is 2.15. The highest BCUT2D eigenvalue weighted by molar-refractivity contribution is 5.94. The molecule has 3 N–H and O–H groups in total. The Balaban J connectivity index is 1.60. The summed E-state index contributed by atoms with van der Waals surface area (Å²) in [7, 11) is 0. The zero-order chi connectivity index (χ0) is 21.1. The third kappa shape index (κ3) is 4.23. The van der Waals surface area contributed by atoms with Gasteiger partial charge in [-0.15, -0.1) is 0 Å². The molecular weight excluding hydrogens is 386 g/mol. The van der Waals surface area contributed by atoms with Gasteiger partial charge in [0.25, 0.3) is 0 Å². The second-order valence-corrected chi connectivity index (χ2v) is 7.08. The maximum absolute atomic E-state index is 13.9. The molecule has 0 aliphatic rings. The Morgan fingerprint density at radius 3 is 2.50 bits per heavy atom. The van der Waals surface area contributed by atoms with Crippen LogP contribution in [0.1, 0.15) is 17.5 Å². The van der Waals surface area contributed by atoms with E-state index >= 15 is 0 Å². The number of carbonyl (C=O) groups is 1. The van der Waals surface area contributed by atoms with Crippen LogP contribution in [0.15, 0.2) is 66.7 Å². The summed E-state index contributed by atoms with van der Waals surface area (Å²) in [5.41, 5.74) is 4.37. The van der Waals surface area contributed by atoms with E-state index in [-0.39, 0.29) is 30.6 Å². The maximum Gasteiger partial charge on any atom is 0.224 e. The Hall–Kier alpha value is -3.51. The minimum atomic E-state index is -0.362. The monoisotopic (exact) mass is 406 g/mol. The Kier molecular flexibility index (Phi) is 5.59. The minimum absolute atomic E-state index is 0.106. The van der Waals surface area contributed by atoms with Crippen LogP contribution >= 0.6 is 0 Å². The summed E-state index contributed by atoms with van der Waals surface area (Å²) in [5.74, 6) is -0.897. The van der Waals surface area contributed by atoms with Crippen molar-refractivity contribution < 1.29 is 18.7 Å². The van der Waals surface area contributed by atoms with Crippen LogP contribution in [0.25, 0.3) is 22.2 Å². The van der Waals surface area contributed by atoms with Crippen molar-refractivity contribution in [2.75, 3.05) is 5.32 Å². The van der Waals surface area contributed by atoms with E-state index in [0.29, 0.717) is 23.1 Å². The summed E-state index contributed by atoms with van der Waals surface area (Å²) < 4.78 is 27.2. The lowest BCUT2D eigenvalue weighted by Gasteiger charge is -2.08. The number of aliphatic hydroxyl groups is 1. The molecule has 0 aliphatic heterocycles. The fourth-order valence-electron chi connectivity index (χ4n) is 3.55. The van der Waals surface area contributed by atoms with Gasteiger partial charge >= 0.3 is 0 Å². The number of aryl methyl sites for hydroxylation is 1. The number of nitrogens with one attached hydrogen (secondary N) is 2. The molecule has 152 valence electrons. The van der Waals surface area contributed by atoms with Crippen molar-refractivity contribution in [3.8, 4) is 11.3 Å². The quantitative estimate of drug-likeness (QED) is 0.413. The predicted molar refractivity (Wildman–Crippen MR) is 113 cm³/mol. The van der Waals surface area contributed by atoms with Gasteiger partial charge in [-0.3, -0.25) is 4.79 Å². The molecule has 6 heteroatoms. The second-order valence-electron chi connectivity index (χ2n) is 7.08. The third-order valence-corrected chi connectivity index (χ3v) is 5.00. The third-order valence-electron chi connectivity index (χ3n) is 5.00. The molecule has 0 fully saturated rings. The van der Waals surface area contributed by atoms with Crippen molar-refractivity contribution in [3.05, 3.63) is 89.5 Å². The van der Waals surface area contributed by atoms with E-state index in [4.69, 9.17) is 0 Å². The molecule has 30 heavy (non-hydrogen) atoms. The lowest BCUT2D eigenvalue weighted by Crippen LogP contribution is -2.12. The number of hydrogen-bond donors (Lipinski definition) is 3. The molecule has 0 aliphatic carbocycles. The molecular formula is C24H20F2N2O2. The largest absolute Gasteiger partial charge is 0.392 e. The Morgan fingerprint density at radius 2 is 1.73 bits per heavy atom. The van der Waals surface area contributed by atoms with E-state index in [9.17, 15) is 18.7 Å². The van der Waals surface area contributed by atoms with Gasteiger partial charge < -0.3 is 15.4 Å². The van der Waals surface area contributed by atoms with Gasteiger partial charge in [0.05, 0.1) is 6.61 Å². The van der Waals surface area contributed by atoms with Crippen molar-refractivity contribution >= 4 is 22.5 Å². The minimum Gasteiger partial charge on any atom is -0.392 e. The molecule has 0 radical (unpaired) electrons. The van der Waals surface area contributed by atoms with Gasteiger partial charge in [0.15, 0.2) is 0 Å². The van der Waals surface area contributed by atoms with Crippen LogP contribution in [0.5, 0.6) is 0 Å². The van der Waals surface area contributed by atoms with Gasteiger partial charge in [-0.1, -0.05) is 12.1 Å². The molecule has 0 unspecified atom stereocenters. The molecule has 3 aromatic carbocycles. The number of aromatic amines is 1. The second kappa shape index (κ2) is 8.47. The Bertz CT molecular complexity index is 1200. The zero-order valence-electron chi connectivity index (χ0n) is 16.1. The van der Waals surface area contributed by atoms with Crippen molar-refractivity contribution in [1.82, 2.24) is 4.98 Å². The van der Waals surface area contributed by atoms with E-state index in [1.54, 1.807) is 42.5 Å². The average Bonchev–Trinajstić information content (AvgIpc) is 3.10. The number of hydrogen-bond acceptors (Lipinski definition) is 2.